The van der Waals surface area contributed by atoms with E-state index in [2.05, 4.69) is 44.6 Å². The number of hydrogen-bond donors (Lipinski definition) is 1. The minimum Gasteiger partial charge on any atom is -0.497 e. The van der Waals surface area contributed by atoms with Crippen molar-refractivity contribution in [1.29, 1.82) is 0 Å². The molecule has 0 fully saturated rings. The molecule has 0 saturated carbocycles. The number of hydrogen-bond acceptors (Lipinski definition) is 3. The van der Waals surface area contributed by atoms with Gasteiger partial charge in [-0.1, -0.05) is 32.6 Å². The second kappa shape index (κ2) is 7.33. The van der Waals surface area contributed by atoms with Crippen LogP contribution in [0.2, 0.25) is 0 Å². The van der Waals surface area contributed by atoms with Crippen LogP contribution in [0.4, 0.5) is 0 Å². The van der Waals surface area contributed by atoms with Crippen molar-refractivity contribution in [3.8, 4) is 17.6 Å². The second-order valence-electron chi connectivity index (χ2n) is 6.22. The molecule has 0 unspecified atom stereocenters. The van der Waals surface area contributed by atoms with E-state index in [0.717, 1.165) is 30.0 Å². The van der Waals surface area contributed by atoms with Gasteiger partial charge >= 0.3 is 0 Å². The molecule has 0 aliphatic heterocycles. The van der Waals surface area contributed by atoms with Crippen LogP contribution in [-0.4, -0.2) is 37.3 Å². The largest absolute Gasteiger partial charge is 0.497 e. The van der Waals surface area contributed by atoms with Gasteiger partial charge in [0.15, 0.2) is 0 Å². The number of rotatable bonds is 4. The maximum atomic E-state index is 8.85. The van der Waals surface area contributed by atoms with Crippen LogP contribution in [0.15, 0.2) is 18.2 Å². The standard InChI is InChI=1S/C17H25NO2/c1-17(2,3)13-18(4)12-15-11-16(20-5)9-8-14(15)7-6-10-19/h8-9,11,19H,10,12-13H2,1-5H3. The van der Waals surface area contributed by atoms with Gasteiger partial charge in [-0.05, 0) is 36.2 Å². The third-order valence-corrected chi connectivity index (χ3v) is 2.80. The molecule has 0 aliphatic rings. The number of benzene rings is 1. The van der Waals surface area contributed by atoms with Crippen LogP contribution in [0.25, 0.3) is 0 Å². The van der Waals surface area contributed by atoms with Crippen LogP contribution in [0.5, 0.6) is 5.75 Å². The summed E-state index contributed by atoms with van der Waals surface area (Å²) in [5.41, 5.74) is 2.32. The maximum absolute atomic E-state index is 8.85. The van der Waals surface area contributed by atoms with Crippen molar-refractivity contribution >= 4 is 0 Å². The summed E-state index contributed by atoms with van der Waals surface area (Å²) in [4.78, 5) is 2.28. The highest BCUT2D eigenvalue weighted by Crippen LogP contribution is 2.21. The van der Waals surface area contributed by atoms with E-state index in [-0.39, 0.29) is 12.0 Å². The molecule has 0 heterocycles. The van der Waals surface area contributed by atoms with E-state index in [9.17, 15) is 0 Å². The Bertz CT molecular complexity index is 492. The van der Waals surface area contributed by atoms with Gasteiger partial charge in [-0.3, -0.25) is 0 Å². The van der Waals surface area contributed by atoms with E-state index in [1.165, 1.54) is 0 Å². The van der Waals surface area contributed by atoms with Gasteiger partial charge in [0.25, 0.3) is 0 Å². The van der Waals surface area contributed by atoms with Gasteiger partial charge in [-0.15, -0.1) is 0 Å². The van der Waals surface area contributed by atoms with E-state index < -0.39 is 0 Å². The number of ether oxygens (including phenoxy) is 1. The first-order chi connectivity index (χ1) is 9.35. The van der Waals surface area contributed by atoms with E-state index in [4.69, 9.17) is 9.84 Å². The first-order valence-electron chi connectivity index (χ1n) is 6.81. The predicted octanol–water partition coefficient (Wildman–Crippen LogP) is 2.52. The zero-order chi connectivity index (χ0) is 15.2. The van der Waals surface area contributed by atoms with Crippen molar-refractivity contribution in [2.75, 3.05) is 27.3 Å². The molecule has 0 saturated heterocycles. The molecule has 20 heavy (non-hydrogen) atoms. The molecule has 0 amide bonds. The number of aliphatic hydroxyl groups excluding tert-OH is 1. The number of methoxy groups -OCH3 is 1. The Hall–Kier alpha value is -1.50. The molecular weight excluding hydrogens is 250 g/mol. The lowest BCUT2D eigenvalue weighted by Crippen LogP contribution is -2.29. The highest BCUT2D eigenvalue weighted by Gasteiger charge is 2.14. The predicted molar refractivity (Wildman–Crippen MR) is 82.7 cm³/mol. The molecule has 1 rings (SSSR count). The second-order valence-corrected chi connectivity index (χ2v) is 6.22. The fourth-order valence-electron chi connectivity index (χ4n) is 2.24. The molecule has 1 aromatic rings. The molecule has 0 bridgehead atoms. The summed E-state index contributed by atoms with van der Waals surface area (Å²) in [6, 6.07) is 5.86. The normalized spacial score (nSPS) is 11.2. The summed E-state index contributed by atoms with van der Waals surface area (Å²) in [5, 5.41) is 8.85. The minimum absolute atomic E-state index is 0.122. The zero-order valence-corrected chi connectivity index (χ0v) is 13.2. The molecule has 110 valence electrons. The van der Waals surface area contributed by atoms with Crippen molar-refractivity contribution < 1.29 is 9.84 Å². The highest BCUT2D eigenvalue weighted by molar-refractivity contribution is 5.45. The summed E-state index contributed by atoms with van der Waals surface area (Å²) in [7, 11) is 3.77. The first kappa shape index (κ1) is 16.6. The third-order valence-electron chi connectivity index (χ3n) is 2.80. The Morgan fingerprint density at radius 1 is 1.30 bits per heavy atom. The fraction of sp³-hybridized carbons (Fsp3) is 0.529. The van der Waals surface area contributed by atoms with Crippen molar-refractivity contribution in [1.82, 2.24) is 4.90 Å². The van der Waals surface area contributed by atoms with E-state index in [1.807, 2.05) is 18.2 Å². The Balaban J connectivity index is 2.95. The summed E-state index contributed by atoms with van der Waals surface area (Å²) in [5.74, 6) is 6.54. The topological polar surface area (TPSA) is 32.7 Å². The minimum atomic E-state index is -0.122. The fourth-order valence-corrected chi connectivity index (χ4v) is 2.24. The monoisotopic (exact) mass is 275 g/mol. The summed E-state index contributed by atoms with van der Waals surface area (Å²) in [6.45, 7) is 8.36. The summed E-state index contributed by atoms with van der Waals surface area (Å²) < 4.78 is 5.28. The molecule has 3 nitrogen and oxygen atoms in total. The van der Waals surface area contributed by atoms with Crippen LogP contribution in [0.1, 0.15) is 31.9 Å². The summed E-state index contributed by atoms with van der Waals surface area (Å²) in [6.07, 6.45) is 0. The summed E-state index contributed by atoms with van der Waals surface area (Å²) >= 11 is 0. The van der Waals surface area contributed by atoms with Gasteiger partial charge in [0, 0.05) is 18.7 Å². The van der Waals surface area contributed by atoms with Crippen LogP contribution in [0, 0.1) is 17.3 Å². The van der Waals surface area contributed by atoms with E-state index in [1.54, 1.807) is 7.11 Å². The maximum Gasteiger partial charge on any atom is 0.119 e. The lowest BCUT2D eigenvalue weighted by atomic mass is 9.96. The quantitative estimate of drug-likeness (QED) is 0.857. The van der Waals surface area contributed by atoms with Crippen molar-refractivity contribution in [3.63, 3.8) is 0 Å². The lowest BCUT2D eigenvalue weighted by Gasteiger charge is -2.27. The van der Waals surface area contributed by atoms with Crippen LogP contribution >= 0.6 is 0 Å². The van der Waals surface area contributed by atoms with Crippen LogP contribution in [0.3, 0.4) is 0 Å². The molecule has 1 N–H and O–H groups in total. The van der Waals surface area contributed by atoms with Gasteiger partial charge in [0.1, 0.15) is 12.4 Å². The van der Waals surface area contributed by atoms with Crippen molar-refractivity contribution in [3.05, 3.63) is 29.3 Å². The molecular formula is C17H25NO2. The Morgan fingerprint density at radius 2 is 2.00 bits per heavy atom. The molecule has 1 aromatic carbocycles. The number of nitrogens with zero attached hydrogens (tertiary/aromatic N) is 1. The van der Waals surface area contributed by atoms with E-state index >= 15 is 0 Å². The molecule has 0 radical (unpaired) electrons. The van der Waals surface area contributed by atoms with Crippen LogP contribution < -0.4 is 4.74 Å². The molecule has 0 aromatic heterocycles. The Labute approximate surface area is 122 Å². The Kier molecular flexibility index (Phi) is 6.06. The van der Waals surface area contributed by atoms with Crippen molar-refractivity contribution in [2.45, 2.75) is 27.3 Å². The zero-order valence-electron chi connectivity index (χ0n) is 13.2. The van der Waals surface area contributed by atoms with Gasteiger partial charge < -0.3 is 14.7 Å². The smallest absolute Gasteiger partial charge is 0.119 e. The molecule has 3 heteroatoms. The van der Waals surface area contributed by atoms with Gasteiger partial charge in [-0.25, -0.2) is 0 Å². The van der Waals surface area contributed by atoms with Gasteiger partial charge in [0.05, 0.1) is 7.11 Å². The lowest BCUT2D eigenvalue weighted by molar-refractivity contribution is 0.220. The van der Waals surface area contributed by atoms with Crippen molar-refractivity contribution in [2.24, 2.45) is 5.41 Å². The first-order valence-corrected chi connectivity index (χ1v) is 6.81. The molecule has 0 spiro atoms. The Morgan fingerprint density at radius 3 is 2.55 bits per heavy atom. The van der Waals surface area contributed by atoms with E-state index in [0.29, 0.717) is 0 Å². The highest BCUT2D eigenvalue weighted by atomic mass is 16.5. The SMILES string of the molecule is COc1ccc(C#CCO)c(CN(C)CC(C)(C)C)c1. The van der Waals surface area contributed by atoms with Gasteiger partial charge in [0.2, 0.25) is 0 Å². The molecule has 0 atom stereocenters. The average Bonchev–Trinajstić information content (AvgIpc) is 2.34. The molecule has 0 aliphatic carbocycles. The average molecular weight is 275 g/mol. The van der Waals surface area contributed by atoms with Gasteiger partial charge in [-0.2, -0.15) is 0 Å². The van der Waals surface area contributed by atoms with Crippen LogP contribution in [-0.2, 0) is 6.54 Å². The number of aliphatic hydroxyl groups is 1. The third kappa shape index (κ3) is 5.64.